The first kappa shape index (κ1) is 22.1. The molecule has 0 radical (unpaired) electrons. The van der Waals surface area contributed by atoms with Gasteiger partial charge in [0, 0.05) is 21.5 Å². The monoisotopic (exact) mass is 501 g/mol. The molecule has 5 rings (SSSR count). The van der Waals surface area contributed by atoms with Crippen molar-refractivity contribution in [2.45, 2.75) is 38.1 Å². The molecule has 7 heteroatoms. The Morgan fingerprint density at radius 1 is 1.19 bits per heavy atom. The van der Waals surface area contributed by atoms with Gasteiger partial charge in [-0.25, -0.2) is 0 Å². The summed E-state index contributed by atoms with van der Waals surface area (Å²) in [5.41, 5.74) is -0.733. The molecule has 1 aliphatic heterocycles. The Balaban J connectivity index is 1.45. The average molecular weight is 502 g/mol. The number of allylic oxidation sites excluding steroid dienone is 1. The molecule has 3 fully saturated rings. The van der Waals surface area contributed by atoms with E-state index in [0.717, 1.165) is 48.9 Å². The van der Waals surface area contributed by atoms with Crippen LogP contribution in [0.2, 0.25) is 0 Å². The van der Waals surface area contributed by atoms with Crippen LogP contribution >= 0.6 is 15.9 Å². The van der Waals surface area contributed by atoms with Crippen molar-refractivity contribution in [2.24, 2.45) is 28.6 Å². The highest BCUT2D eigenvalue weighted by Gasteiger charge is 2.81. The van der Waals surface area contributed by atoms with Gasteiger partial charge in [0.1, 0.15) is 5.54 Å². The predicted octanol–water partition coefficient (Wildman–Crippen LogP) is 3.49. The van der Waals surface area contributed by atoms with Crippen molar-refractivity contribution in [3.05, 3.63) is 40.9 Å². The molecule has 32 heavy (non-hydrogen) atoms. The minimum atomic E-state index is -1.03. The number of carbonyl (C=O) groups is 2. The third-order valence-electron chi connectivity index (χ3n) is 8.68. The number of nitrogens with one attached hydrogen (secondary N) is 3. The van der Waals surface area contributed by atoms with Crippen LogP contribution in [0.15, 0.2) is 40.9 Å². The number of esters is 1. The maximum absolute atomic E-state index is 13.9. The molecule has 1 aromatic rings. The number of hydrogen-bond acceptors (Lipinski definition) is 5. The van der Waals surface area contributed by atoms with Gasteiger partial charge in [0.05, 0.1) is 12.5 Å². The van der Waals surface area contributed by atoms with Crippen molar-refractivity contribution in [1.82, 2.24) is 10.6 Å². The lowest BCUT2D eigenvalue weighted by atomic mass is 9.68. The Morgan fingerprint density at radius 2 is 1.88 bits per heavy atom. The number of anilines is 1. The molecule has 1 saturated heterocycles. The standard InChI is InChI=1S/C25H32BrN3O3/c1-23-10-7-19(24(23)11-12-24)25(27-2,22(31)29-18-5-3-17(26)4-6-18)20(23)21(30)32-15-16-8-13-28-14-9-16/h3-7,10,16,19-20,27-28H,8-9,11-15H2,1-2H3,(H,29,31). The number of carbonyl (C=O) groups excluding carboxylic acids is 2. The van der Waals surface area contributed by atoms with Gasteiger partial charge in [0.15, 0.2) is 0 Å². The van der Waals surface area contributed by atoms with Gasteiger partial charge < -0.3 is 20.7 Å². The molecule has 4 aliphatic rings. The normalized spacial score (nSPS) is 34.6. The molecular weight excluding hydrogens is 470 g/mol. The van der Waals surface area contributed by atoms with Gasteiger partial charge in [0.25, 0.3) is 0 Å². The zero-order valence-corrected chi connectivity index (χ0v) is 20.3. The van der Waals surface area contributed by atoms with Gasteiger partial charge in [0.2, 0.25) is 5.91 Å². The first-order valence-electron chi connectivity index (χ1n) is 11.7. The molecule has 4 unspecified atom stereocenters. The highest BCUT2D eigenvalue weighted by molar-refractivity contribution is 9.10. The van der Waals surface area contributed by atoms with Crippen LogP contribution < -0.4 is 16.0 Å². The Morgan fingerprint density at radius 3 is 2.50 bits per heavy atom. The van der Waals surface area contributed by atoms with E-state index in [2.05, 4.69) is 51.0 Å². The third-order valence-corrected chi connectivity index (χ3v) is 9.21. The molecule has 1 spiro atoms. The molecule has 0 aromatic heterocycles. The van der Waals surface area contributed by atoms with E-state index in [4.69, 9.17) is 4.74 Å². The van der Waals surface area contributed by atoms with Crippen molar-refractivity contribution in [2.75, 3.05) is 32.1 Å². The molecule has 172 valence electrons. The fourth-order valence-electron chi connectivity index (χ4n) is 6.81. The maximum Gasteiger partial charge on any atom is 0.312 e. The predicted molar refractivity (Wildman–Crippen MR) is 127 cm³/mol. The quantitative estimate of drug-likeness (QED) is 0.410. The average Bonchev–Trinajstić information content (AvgIpc) is 3.53. The van der Waals surface area contributed by atoms with E-state index in [0.29, 0.717) is 12.5 Å². The molecule has 1 heterocycles. The van der Waals surface area contributed by atoms with E-state index in [1.165, 1.54) is 0 Å². The fourth-order valence-corrected chi connectivity index (χ4v) is 7.07. The van der Waals surface area contributed by atoms with Crippen LogP contribution in [-0.2, 0) is 14.3 Å². The molecule has 1 aromatic carbocycles. The van der Waals surface area contributed by atoms with Crippen molar-refractivity contribution < 1.29 is 14.3 Å². The molecular formula is C25H32BrN3O3. The van der Waals surface area contributed by atoms with Crippen LogP contribution in [0.25, 0.3) is 0 Å². The Labute approximate surface area is 198 Å². The fraction of sp³-hybridized carbons (Fsp3) is 0.600. The van der Waals surface area contributed by atoms with Crippen molar-refractivity contribution in [3.8, 4) is 0 Å². The van der Waals surface area contributed by atoms with Gasteiger partial charge in [-0.3, -0.25) is 9.59 Å². The van der Waals surface area contributed by atoms with E-state index in [9.17, 15) is 9.59 Å². The van der Waals surface area contributed by atoms with Gasteiger partial charge >= 0.3 is 5.97 Å². The summed E-state index contributed by atoms with van der Waals surface area (Å²) in [7, 11) is 1.81. The summed E-state index contributed by atoms with van der Waals surface area (Å²) in [4.78, 5) is 27.6. The SMILES string of the molecule is CNC1(C(=O)Nc2ccc(Br)cc2)C(C(=O)OCC2CCNCC2)C2(C)C=CC1C21CC1. The van der Waals surface area contributed by atoms with Crippen LogP contribution in [0.4, 0.5) is 5.69 Å². The number of ether oxygens (including phenoxy) is 1. The summed E-state index contributed by atoms with van der Waals surface area (Å²) in [6, 6.07) is 7.54. The molecule has 4 atom stereocenters. The second kappa shape index (κ2) is 7.96. The lowest BCUT2D eigenvalue weighted by molar-refractivity contribution is -0.158. The molecule has 2 saturated carbocycles. The lowest BCUT2D eigenvalue weighted by Crippen LogP contribution is -2.64. The van der Waals surface area contributed by atoms with Crippen molar-refractivity contribution in [3.63, 3.8) is 0 Å². The van der Waals surface area contributed by atoms with Crippen LogP contribution in [-0.4, -0.2) is 44.2 Å². The van der Waals surface area contributed by atoms with Crippen molar-refractivity contribution >= 4 is 33.5 Å². The Kier molecular flexibility index (Phi) is 5.50. The zero-order valence-electron chi connectivity index (χ0n) is 18.7. The van der Waals surface area contributed by atoms with Gasteiger partial charge in [-0.15, -0.1) is 0 Å². The van der Waals surface area contributed by atoms with Crippen LogP contribution in [0.3, 0.4) is 0 Å². The van der Waals surface area contributed by atoms with Gasteiger partial charge in [-0.2, -0.15) is 0 Å². The first-order valence-corrected chi connectivity index (χ1v) is 12.5. The number of hydrogen-bond donors (Lipinski definition) is 3. The zero-order chi connectivity index (χ0) is 22.6. The number of amides is 1. The van der Waals surface area contributed by atoms with Crippen LogP contribution in [0.5, 0.6) is 0 Å². The highest BCUT2D eigenvalue weighted by Crippen LogP contribution is 2.79. The van der Waals surface area contributed by atoms with E-state index in [1.54, 1.807) is 0 Å². The van der Waals surface area contributed by atoms with E-state index >= 15 is 0 Å². The molecule has 1 amide bonds. The topological polar surface area (TPSA) is 79.5 Å². The Bertz CT molecular complexity index is 938. The summed E-state index contributed by atoms with van der Waals surface area (Å²) < 4.78 is 6.90. The van der Waals surface area contributed by atoms with Gasteiger partial charge in [-0.05, 0) is 81.4 Å². The maximum atomic E-state index is 13.9. The van der Waals surface area contributed by atoms with E-state index in [1.807, 2.05) is 31.3 Å². The first-order chi connectivity index (χ1) is 15.4. The number of rotatable bonds is 6. The minimum Gasteiger partial charge on any atom is -0.465 e. The van der Waals surface area contributed by atoms with Gasteiger partial charge in [-0.1, -0.05) is 35.0 Å². The van der Waals surface area contributed by atoms with Crippen molar-refractivity contribution in [1.29, 1.82) is 0 Å². The largest absolute Gasteiger partial charge is 0.465 e. The molecule has 2 bridgehead atoms. The second-order valence-corrected chi connectivity index (χ2v) is 11.0. The minimum absolute atomic E-state index is 0.0307. The number of likely N-dealkylation sites (N-methyl/N-ethyl adjacent to an activating group) is 1. The summed E-state index contributed by atoms with van der Waals surface area (Å²) in [5, 5.41) is 9.79. The van der Waals surface area contributed by atoms with Crippen LogP contribution in [0.1, 0.15) is 32.6 Å². The lowest BCUT2D eigenvalue weighted by Gasteiger charge is -2.41. The second-order valence-electron chi connectivity index (χ2n) is 10.1. The molecule has 3 aliphatic carbocycles. The summed E-state index contributed by atoms with van der Waals surface area (Å²) in [5.74, 6) is -0.607. The summed E-state index contributed by atoms with van der Waals surface area (Å²) >= 11 is 3.44. The number of piperidine rings is 1. The van der Waals surface area contributed by atoms with E-state index < -0.39 is 11.5 Å². The third kappa shape index (κ3) is 3.11. The molecule has 3 N–H and O–H groups in total. The number of benzene rings is 1. The highest BCUT2D eigenvalue weighted by atomic mass is 79.9. The summed E-state index contributed by atoms with van der Waals surface area (Å²) in [6.45, 7) is 4.52. The summed E-state index contributed by atoms with van der Waals surface area (Å²) in [6.07, 6.45) is 8.46. The van der Waals surface area contributed by atoms with Crippen LogP contribution in [0, 0.1) is 28.6 Å². The van der Waals surface area contributed by atoms with E-state index in [-0.39, 0.29) is 28.6 Å². The molecule has 6 nitrogen and oxygen atoms in total. The number of halogens is 1. The Hall–Kier alpha value is -1.70. The smallest absolute Gasteiger partial charge is 0.312 e.